The number of benzene rings is 1. The third-order valence-corrected chi connectivity index (χ3v) is 3.99. The van der Waals surface area contributed by atoms with Crippen LogP contribution in [0.4, 0.5) is 11.5 Å². The molecule has 24 heavy (non-hydrogen) atoms. The van der Waals surface area contributed by atoms with Crippen molar-refractivity contribution in [3.8, 4) is 0 Å². The summed E-state index contributed by atoms with van der Waals surface area (Å²) in [5.74, 6) is -1.32. The van der Waals surface area contributed by atoms with E-state index in [0.29, 0.717) is 5.69 Å². The van der Waals surface area contributed by atoms with Gasteiger partial charge in [0.25, 0.3) is 0 Å². The number of rotatable bonds is 5. The average molecular weight is 328 g/mol. The lowest BCUT2D eigenvalue weighted by Crippen LogP contribution is -2.29. The number of amides is 2. The molecule has 1 fully saturated rings. The zero-order valence-electron chi connectivity index (χ0n) is 13.3. The lowest BCUT2D eigenvalue weighted by atomic mass is 10.1. The topological polar surface area (TPSA) is 87.5 Å². The summed E-state index contributed by atoms with van der Waals surface area (Å²) in [5, 5.41) is 8.49. The fraction of sp³-hybridized carbons (Fsp3) is 0.353. The van der Waals surface area contributed by atoms with Crippen molar-refractivity contribution < 1.29 is 14.1 Å². The molecule has 1 aromatic carbocycles. The minimum atomic E-state index is -0.786. The molecule has 126 valence electrons. The van der Waals surface area contributed by atoms with Gasteiger partial charge in [0.05, 0.1) is 0 Å². The molecule has 0 radical (unpaired) electrons. The SMILES string of the molecule is O=C(Nc1cccc(CCN2CCCC2)c1)C(=O)Nc1ccon1. The van der Waals surface area contributed by atoms with Gasteiger partial charge in [-0.25, -0.2) is 0 Å². The molecule has 2 aromatic rings. The largest absolute Gasteiger partial charge is 0.363 e. The summed E-state index contributed by atoms with van der Waals surface area (Å²) in [7, 11) is 0. The third kappa shape index (κ3) is 4.42. The molecule has 3 rings (SSSR count). The van der Waals surface area contributed by atoms with E-state index in [2.05, 4.69) is 25.2 Å². The van der Waals surface area contributed by atoms with Crippen LogP contribution in [0, 0.1) is 0 Å². The van der Waals surface area contributed by atoms with E-state index in [1.807, 2.05) is 18.2 Å². The predicted octanol–water partition coefficient (Wildman–Crippen LogP) is 1.89. The summed E-state index contributed by atoms with van der Waals surface area (Å²) < 4.78 is 4.60. The van der Waals surface area contributed by atoms with Crippen LogP contribution < -0.4 is 10.6 Å². The summed E-state index contributed by atoms with van der Waals surface area (Å²) in [6.45, 7) is 3.35. The first kappa shape index (κ1) is 16.2. The van der Waals surface area contributed by atoms with Crippen molar-refractivity contribution in [2.24, 2.45) is 0 Å². The number of nitrogens with one attached hydrogen (secondary N) is 2. The molecule has 1 aromatic heterocycles. The van der Waals surface area contributed by atoms with Gasteiger partial charge >= 0.3 is 11.8 Å². The van der Waals surface area contributed by atoms with Crippen molar-refractivity contribution in [3.05, 3.63) is 42.2 Å². The van der Waals surface area contributed by atoms with Gasteiger partial charge in [-0.15, -0.1) is 0 Å². The highest BCUT2D eigenvalue weighted by Gasteiger charge is 2.15. The van der Waals surface area contributed by atoms with E-state index in [1.165, 1.54) is 38.3 Å². The first-order valence-electron chi connectivity index (χ1n) is 8.05. The Labute approximate surface area is 140 Å². The van der Waals surface area contributed by atoms with Crippen molar-refractivity contribution >= 4 is 23.3 Å². The monoisotopic (exact) mass is 328 g/mol. The molecule has 0 saturated carbocycles. The third-order valence-electron chi connectivity index (χ3n) is 3.99. The number of hydrogen-bond acceptors (Lipinski definition) is 5. The average Bonchev–Trinajstić information content (AvgIpc) is 3.27. The smallest absolute Gasteiger partial charge is 0.315 e. The second-order valence-electron chi connectivity index (χ2n) is 5.79. The highest BCUT2D eigenvalue weighted by atomic mass is 16.5. The molecule has 2 N–H and O–H groups in total. The van der Waals surface area contributed by atoms with Crippen LogP contribution in [-0.4, -0.2) is 41.5 Å². The Balaban J connectivity index is 1.53. The number of carbonyl (C=O) groups excluding carboxylic acids is 2. The maximum atomic E-state index is 11.9. The van der Waals surface area contributed by atoms with Crippen molar-refractivity contribution in [2.45, 2.75) is 19.3 Å². The Morgan fingerprint density at radius 2 is 1.92 bits per heavy atom. The van der Waals surface area contributed by atoms with Crippen molar-refractivity contribution in [3.63, 3.8) is 0 Å². The van der Waals surface area contributed by atoms with E-state index in [0.717, 1.165) is 18.5 Å². The molecule has 0 bridgehead atoms. The molecule has 7 nitrogen and oxygen atoms in total. The molecule has 0 unspecified atom stereocenters. The molecule has 0 spiro atoms. The fourth-order valence-electron chi connectivity index (χ4n) is 2.74. The zero-order chi connectivity index (χ0) is 16.8. The van der Waals surface area contributed by atoms with E-state index in [9.17, 15) is 9.59 Å². The number of likely N-dealkylation sites (tertiary alicyclic amines) is 1. The van der Waals surface area contributed by atoms with Gasteiger partial charge in [0.1, 0.15) is 6.26 Å². The number of carbonyl (C=O) groups is 2. The van der Waals surface area contributed by atoms with Gasteiger partial charge in [-0.05, 0) is 50.0 Å². The van der Waals surface area contributed by atoms with Crippen molar-refractivity contribution in [1.82, 2.24) is 10.1 Å². The molecular weight excluding hydrogens is 308 g/mol. The van der Waals surface area contributed by atoms with Gasteiger partial charge in [-0.3, -0.25) is 14.9 Å². The highest BCUT2D eigenvalue weighted by molar-refractivity contribution is 6.43. The normalized spacial score (nSPS) is 14.5. The summed E-state index contributed by atoms with van der Waals surface area (Å²) in [6.07, 6.45) is 4.79. The van der Waals surface area contributed by atoms with Crippen LogP contribution in [0.2, 0.25) is 0 Å². The Kier molecular flexibility index (Phi) is 5.22. The van der Waals surface area contributed by atoms with E-state index in [-0.39, 0.29) is 5.82 Å². The van der Waals surface area contributed by atoms with E-state index in [4.69, 9.17) is 0 Å². The number of nitrogens with zero attached hydrogens (tertiary/aromatic N) is 2. The number of anilines is 2. The summed E-state index contributed by atoms with van der Waals surface area (Å²) in [6, 6.07) is 9.04. The lowest BCUT2D eigenvalue weighted by Gasteiger charge is -2.14. The summed E-state index contributed by atoms with van der Waals surface area (Å²) >= 11 is 0. The second kappa shape index (κ2) is 7.74. The Morgan fingerprint density at radius 3 is 2.67 bits per heavy atom. The van der Waals surface area contributed by atoms with Crippen LogP contribution in [0.15, 0.2) is 41.1 Å². The van der Waals surface area contributed by atoms with Gasteiger partial charge in [-0.2, -0.15) is 0 Å². The van der Waals surface area contributed by atoms with Crippen LogP contribution in [-0.2, 0) is 16.0 Å². The number of aromatic nitrogens is 1. The first-order chi connectivity index (χ1) is 11.7. The molecule has 0 atom stereocenters. The molecule has 1 aliphatic rings. The fourth-order valence-corrected chi connectivity index (χ4v) is 2.74. The van der Waals surface area contributed by atoms with E-state index in [1.54, 1.807) is 6.07 Å². The van der Waals surface area contributed by atoms with Crippen molar-refractivity contribution in [2.75, 3.05) is 30.3 Å². The molecular formula is C17H20N4O3. The van der Waals surface area contributed by atoms with Crippen LogP contribution in [0.1, 0.15) is 18.4 Å². The zero-order valence-corrected chi connectivity index (χ0v) is 13.3. The maximum Gasteiger partial charge on any atom is 0.315 e. The first-order valence-corrected chi connectivity index (χ1v) is 8.05. The predicted molar refractivity (Wildman–Crippen MR) is 89.6 cm³/mol. The van der Waals surface area contributed by atoms with Crippen LogP contribution in [0.5, 0.6) is 0 Å². The quantitative estimate of drug-likeness (QED) is 0.819. The molecule has 7 heteroatoms. The van der Waals surface area contributed by atoms with Gasteiger partial charge in [-0.1, -0.05) is 17.3 Å². The lowest BCUT2D eigenvalue weighted by molar-refractivity contribution is -0.133. The van der Waals surface area contributed by atoms with Gasteiger partial charge in [0.2, 0.25) is 0 Å². The maximum absolute atomic E-state index is 11.9. The van der Waals surface area contributed by atoms with Crippen LogP contribution in [0.3, 0.4) is 0 Å². The minimum Gasteiger partial charge on any atom is -0.363 e. The van der Waals surface area contributed by atoms with E-state index < -0.39 is 11.8 Å². The molecule has 2 heterocycles. The van der Waals surface area contributed by atoms with Crippen LogP contribution >= 0.6 is 0 Å². The van der Waals surface area contributed by atoms with Gasteiger partial charge in [0, 0.05) is 18.3 Å². The Morgan fingerprint density at radius 1 is 1.12 bits per heavy atom. The molecule has 1 aliphatic heterocycles. The van der Waals surface area contributed by atoms with Crippen molar-refractivity contribution in [1.29, 1.82) is 0 Å². The summed E-state index contributed by atoms with van der Waals surface area (Å²) in [5.41, 5.74) is 1.74. The van der Waals surface area contributed by atoms with Gasteiger partial charge in [0.15, 0.2) is 5.82 Å². The highest BCUT2D eigenvalue weighted by Crippen LogP contribution is 2.14. The number of hydrogen-bond donors (Lipinski definition) is 2. The molecule has 0 aliphatic carbocycles. The Bertz CT molecular complexity index is 694. The standard InChI is InChI=1S/C17H20N4O3/c22-16(17(23)19-15-7-11-24-20-15)18-14-5-3-4-13(12-14)6-10-21-8-1-2-9-21/h3-5,7,11-12H,1-2,6,8-10H2,(H,18,22)(H,19,20,23). The minimum absolute atomic E-state index is 0.203. The van der Waals surface area contributed by atoms with Gasteiger partial charge < -0.3 is 14.7 Å². The van der Waals surface area contributed by atoms with Crippen LogP contribution in [0.25, 0.3) is 0 Å². The second-order valence-corrected chi connectivity index (χ2v) is 5.79. The summed E-state index contributed by atoms with van der Waals surface area (Å²) in [4.78, 5) is 26.2. The molecule has 1 saturated heterocycles. The molecule has 2 amide bonds. The van der Waals surface area contributed by atoms with E-state index >= 15 is 0 Å². The Hall–Kier alpha value is -2.67.